The second-order valence-corrected chi connectivity index (χ2v) is 6.18. The van der Waals surface area contributed by atoms with Gasteiger partial charge in [-0.3, -0.25) is 0 Å². The molecule has 0 bridgehead atoms. The van der Waals surface area contributed by atoms with E-state index in [-0.39, 0.29) is 11.6 Å². The maximum atomic E-state index is 12.2. The number of methoxy groups -OCH3 is 3. The molecule has 0 radical (unpaired) electrons. The molecule has 6 nitrogen and oxygen atoms in total. The van der Waals surface area contributed by atoms with Gasteiger partial charge >= 0.3 is 5.97 Å². The highest BCUT2D eigenvalue weighted by Crippen LogP contribution is 2.40. The van der Waals surface area contributed by atoms with E-state index in [1.807, 2.05) is 24.3 Å². The molecule has 0 aliphatic carbocycles. The van der Waals surface area contributed by atoms with Gasteiger partial charge in [-0.15, -0.1) is 0 Å². The summed E-state index contributed by atoms with van der Waals surface area (Å²) < 4.78 is 22.2. The summed E-state index contributed by atoms with van der Waals surface area (Å²) in [4.78, 5) is 16.5. The van der Waals surface area contributed by atoms with Crippen molar-refractivity contribution in [1.29, 1.82) is 0 Å². The number of aliphatic imine (C=N–C) groups is 1. The van der Waals surface area contributed by atoms with Crippen molar-refractivity contribution in [2.45, 2.75) is 0 Å². The number of cyclic esters (lactones) is 1. The Balaban J connectivity index is 2.02. The normalized spacial score (nSPS) is 14.8. The topological polar surface area (TPSA) is 66.4 Å². The highest BCUT2D eigenvalue weighted by molar-refractivity contribution is 9.10. The number of benzene rings is 2. The number of esters is 1. The fourth-order valence-corrected chi connectivity index (χ4v) is 2.77. The Hall–Kier alpha value is -2.80. The number of rotatable bonds is 5. The summed E-state index contributed by atoms with van der Waals surface area (Å²) in [5, 5.41) is 0. The average Bonchev–Trinajstić information content (AvgIpc) is 3.02. The molecule has 0 amide bonds. The van der Waals surface area contributed by atoms with Crippen LogP contribution in [0.5, 0.6) is 17.2 Å². The number of carbonyl (C=O) groups is 1. The Morgan fingerprint density at radius 3 is 2.27 bits per heavy atom. The van der Waals surface area contributed by atoms with Crippen LogP contribution in [-0.2, 0) is 9.53 Å². The van der Waals surface area contributed by atoms with Crippen LogP contribution < -0.4 is 14.2 Å². The van der Waals surface area contributed by atoms with Crippen LogP contribution in [-0.4, -0.2) is 33.2 Å². The zero-order valence-corrected chi connectivity index (χ0v) is 16.0. The first-order valence-corrected chi connectivity index (χ1v) is 8.44. The molecule has 2 aromatic carbocycles. The van der Waals surface area contributed by atoms with Crippen LogP contribution in [0.15, 0.2) is 51.6 Å². The minimum absolute atomic E-state index is 0.174. The van der Waals surface area contributed by atoms with Gasteiger partial charge in [-0.1, -0.05) is 15.9 Å². The third-order valence-corrected chi connectivity index (χ3v) is 4.27. The maximum absolute atomic E-state index is 12.2. The summed E-state index contributed by atoms with van der Waals surface area (Å²) >= 11 is 3.37. The van der Waals surface area contributed by atoms with Crippen LogP contribution in [0, 0.1) is 0 Å². The molecule has 1 heterocycles. The molecule has 0 saturated carbocycles. The number of hydrogen-bond acceptors (Lipinski definition) is 6. The number of ether oxygens (including phenoxy) is 4. The first-order valence-electron chi connectivity index (χ1n) is 7.65. The second kappa shape index (κ2) is 7.61. The molecule has 3 rings (SSSR count). The van der Waals surface area contributed by atoms with Gasteiger partial charge in [0.2, 0.25) is 11.6 Å². The second-order valence-electron chi connectivity index (χ2n) is 5.27. The molecule has 2 aromatic rings. The van der Waals surface area contributed by atoms with E-state index in [2.05, 4.69) is 20.9 Å². The molecule has 0 aromatic heterocycles. The predicted molar refractivity (Wildman–Crippen MR) is 101 cm³/mol. The molecule has 0 spiro atoms. The van der Waals surface area contributed by atoms with Gasteiger partial charge in [-0.2, -0.15) is 0 Å². The van der Waals surface area contributed by atoms with Crippen molar-refractivity contribution < 1.29 is 23.7 Å². The summed E-state index contributed by atoms with van der Waals surface area (Å²) in [5.41, 5.74) is 1.51. The third kappa shape index (κ3) is 3.43. The van der Waals surface area contributed by atoms with Gasteiger partial charge in [0, 0.05) is 15.6 Å². The molecule has 0 saturated heterocycles. The minimum Gasteiger partial charge on any atom is -0.493 e. The molecule has 0 N–H and O–H groups in total. The van der Waals surface area contributed by atoms with Crippen LogP contribution >= 0.6 is 15.9 Å². The molecule has 26 heavy (non-hydrogen) atoms. The smallest absolute Gasteiger partial charge is 0.363 e. The third-order valence-electron chi connectivity index (χ3n) is 3.74. The van der Waals surface area contributed by atoms with Crippen molar-refractivity contribution in [3.63, 3.8) is 0 Å². The molecule has 0 fully saturated rings. The van der Waals surface area contributed by atoms with Gasteiger partial charge in [0.15, 0.2) is 17.2 Å². The highest BCUT2D eigenvalue weighted by Gasteiger charge is 2.25. The van der Waals surface area contributed by atoms with Crippen LogP contribution in [0.4, 0.5) is 0 Å². The first-order chi connectivity index (χ1) is 12.6. The number of halogens is 1. The van der Waals surface area contributed by atoms with Gasteiger partial charge in [0.1, 0.15) is 0 Å². The summed E-state index contributed by atoms with van der Waals surface area (Å²) in [6.07, 6.45) is 1.59. The number of carbonyl (C=O) groups excluding carboxylic acids is 1. The molecule has 7 heteroatoms. The lowest BCUT2D eigenvalue weighted by Gasteiger charge is -2.14. The standard InChI is InChI=1S/C19H16BrNO5/c1-23-15-9-6-12(16(24-2)17(15)25-3)10-14-19(22)26-18(21-14)11-4-7-13(20)8-5-11/h4-10H,1-3H3/b14-10+. The number of nitrogens with zero attached hydrogens (tertiary/aromatic N) is 1. The lowest BCUT2D eigenvalue weighted by Crippen LogP contribution is -2.05. The van der Waals surface area contributed by atoms with Crippen molar-refractivity contribution in [3.8, 4) is 17.2 Å². The molecule has 1 aliphatic heterocycles. The molecule has 1 aliphatic rings. The Bertz CT molecular complexity index is 903. The van der Waals surface area contributed by atoms with E-state index in [1.54, 1.807) is 25.3 Å². The van der Waals surface area contributed by atoms with Crippen LogP contribution in [0.3, 0.4) is 0 Å². The SMILES string of the molecule is COc1ccc(/C=C2/N=C(c3ccc(Br)cc3)OC2=O)c(OC)c1OC. The zero-order chi connectivity index (χ0) is 18.7. The highest BCUT2D eigenvalue weighted by atomic mass is 79.9. The quantitative estimate of drug-likeness (QED) is 0.546. The van der Waals surface area contributed by atoms with Gasteiger partial charge in [0.05, 0.1) is 21.3 Å². The Labute approximate surface area is 159 Å². The predicted octanol–water partition coefficient (Wildman–Crippen LogP) is 3.82. The molecule has 134 valence electrons. The Kier molecular flexibility index (Phi) is 5.27. The Morgan fingerprint density at radius 2 is 1.65 bits per heavy atom. The van der Waals surface area contributed by atoms with Crippen molar-refractivity contribution in [1.82, 2.24) is 0 Å². The largest absolute Gasteiger partial charge is 0.493 e. The molecular formula is C19H16BrNO5. The fourth-order valence-electron chi connectivity index (χ4n) is 2.51. The van der Waals surface area contributed by atoms with E-state index in [9.17, 15) is 4.79 Å². The average molecular weight is 418 g/mol. The zero-order valence-electron chi connectivity index (χ0n) is 14.4. The minimum atomic E-state index is -0.528. The van der Waals surface area contributed by atoms with E-state index in [0.29, 0.717) is 28.4 Å². The first kappa shape index (κ1) is 18.0. The van der Waals surface area contributed by atoms with E-state index < -0.39 is 5.97 Å². The van der Waals surface area contributed by atoms with Crippen molar-refractivity contribution in [3.05, 3.63) is 57.7 Å². The summed E-state index contributed by atoms with van der Waals surface area (Å²) in [6, 6.07) is 10.8. The maximum Gasteiger partial charge on any atom is 0.363 e. The monoisotopic (exact) mass is 417 g/mol. The van der Waals surface area contributed by atoms with E-state index in [4.69, 9.17) is 18.9 Å². The number of hydrogen-bond donors (Lipinski definition) is 0. The van der Waals surface area contributed by atoms with Gasteiger partial charge < -0.3 is 18.9 Å². The molecular weight excluding hydrogens is 402 g/mol. The lowest BCUT2D eigenvalue weighted by atomic mass is 10.1. The summed E-state index contributed by atoms with van der Waals surface area (Å²) in [6.45, 7) is 0. The Morgan fingerprint density at radius 1 is 0.962 bits per heavy atom. The van der Waals surface area contributed by atoms with Crippen LogP contribution in [0.1, 0.15) is 11.1 Å². The molecule has 0 unspecified atom stereocenters. The van der Waals surface area contributed by atoms with E-state index in [0.717, 1.165) is 4.47 Å². The van der Waals surface area contributed by atoms with Crippen LogP contribution in [0.2, 0.25) is 0 Å². The molecule has 0 atom stereocenters. The fraction of sp³-hybridized carbons (Fsp3) is 0.158. The van der Waals surface area contributed by atoms with Gasteiger partial charge in [-0.25, -0.2) is 9.79 Å². The summed E-state index contributed by atoms with van der Waals surface area (Å²) in [5.74, 6) is 1.14. The van der Waals surface area contributed by atoms with Crippen molar-refractivity contribution in [2.24, 2.45) is 4.99 Å². The summed E-state index contributed by atoms with van der Waals surface area (Å²) in [7, 11) is 4.58. The lowest BCUT2D eigenvalue weighted by molar-refractivity contribution is -0.129. The van der Waals surface area contributed by atoms with E-state index >= 15 is 0 Å². The van der Waals surface area contributed by atoms with Crippen molar-refractivity contribution >= 4 is 33.9 Å². The van der Waals surface area contributed by atoms with Crippen LogP contribution in [0.25, 0.3) is 6.08 Å². The van der Waals surface area contributed by atoms with Gasteiger partial charge in [-0.05, 0) is 42.5 Å². The van der Waals surface area contributed by atoms with Crippen molar-refractivity contribution in [2.75, 3.05) is 21.3 Å². The van der Waals surface area contributed by atoms with Gasteiger partial charge in [0.25, 0.3) is 0 Å². The van der Waals surface area contributed by atoms with E-state index in [1.165, 1.54) is 14.2 Å².